The SMILES string of the molecule is Nc1ncc(-c2ccc(Br)cc2)c(-c2ccc(OCc3ccc(Cl)cc3Cl)cc2O)n1. The summed E-state index contributed by atoms with van der Waals surface area (Å²) >= 11 is 15.5. The van der Waals surface area contributed by atoms with Crippen LogP contribution in [0.1, 0.15) is 5.56 Å². The molecule has 1 aromatic heterocycles. The number of anilines is 1. The normalized spacial score (nSPS) is 10.8. The highest BCUT2D eigenvalue weighted by molar-refractivity contribution is 9.10. The third-order valence-electron chi connectivity index (χ3n) is 4.60. The molecule has 0 spiro atoms. The molecule has 3 aromatic carbocycles. The summed E-state index contributed by atoms with van der Waals surface area (Å²) in [4.78, 5) is 8.49. The smallest absolute Gasteiger partial charge is 0.220 e. The monoisotopic (exact) mass is 515 g/mol. The summed E-state index contributed by atoms with van der Waals surface area (Å²) in [5.74, 6) is 0.614. The Labute approximate surface area is 197 Å². The van der Waals surface area contributed by atoms with Crippen molar-refractivity contribution in [3.05, 3.63) is 86.9 Å². The van der Waals surface area contributed by atoms with Gasteiger partial charge < -0.3 is 15.6 Å². The van der Waals surface area contributed by atoms with E-state index in [1.54, 1.807) is 36.5 Å². The van der Waals surface area contributed by atoms with Crippen molar-refractivity contribution < 1.29 is 9.84 Å². The Bertz CT molecular complexity index is 1250. The number of hydrogen-bond acceptors (Lipinski definition) is 5. The number of benzene rings is 3. The van der Waals surface area contributed by atoms with Gasteiger partial charge in [-0.2, -0.15) is 0 Å². The number of hydrogen-bond donors (Lipinski definition) is 2. The first kappa shape index (κ1) is 21.4. The summed E-state index contributed by atoms with van der Waals surface area (Å²) in [6.45, 7) is 0.236. The molecule has 0 atom stereocenters. The van der Waals surface area contributed by atoms with E-state index in [9.17, 15) is 5.11 Å². The zero-order valence-corrected chi connectivity index (χ0v) is 19.1. The number of phenols is 1. The van der Waals surface area contributed by atoms with Crippen LogP contribution in [0.2, 0.25) is 10.0 Å². The quantitative estimate of drug-likeness (QED) is 0.306. The first-order chi connectivity index (χ1) is 14.9. The molecule has 0 bridgehead atoms. The number of ether oxygens (including phenoxy) is 1. The van der Waals surface area contributed by atoms with E-state index < -0.39 is 0 Å². The van der Waals surface area contributed by atoms with Crippen molar-refractivity contribution in [3.8, 4) is 33.9 Å². The number of nitrogen functional groups attached to an aromatic ring is 1. The third kappa shape index (κ3) is 4.93. The minimum Gasteiger partial charge on any atom is -0.507 e. The minimum atomic E-state index is 0.0103. The van der Waals surface area contributed by atoms with Gasteiger partial charge in [0.2, 0.25) is 5.95 Å². The van der Waals surface area contributed by atoms with Crippen LogP contribution in [-0.4, -0.2) is 15.1 Å². The lowest BCUT2D eigenvalue weighted by atomic mass is 10.00. The number of halogens is 3. The van der Waals surface area contributed by atoms with Gasteiger partial charge >= 0.3 is 0 Å². The largest absolute Gasteiger partial charge is 0.507 e. The standard InChI is InChI=1S/C23H16BrCl2N3O2/c24-15-4-1-13(2-5-15)19-11-28-23(27)29-22(19)18-8-7-17(10-21(18)30)31-12-14-3-6-16(25)9-20(14)26/h1-11,30H,12H2,(H2,27,28,29). The Morgan fingerprint density at radius 3 is 2.45 bits per heavy atom. The lowest BCUT2D eigenvalue weighted by molar-refractivity contribution is 0.304. The molecule has 0 fully saturated rings. The molecule has 5 nitrogen and oxygen atoms in total. The summed E-state index contributed by atoms with van der Waals surface area (Å²) < 4.78 is 6.74. The lowest BCUT2D eigenvalue weighted by Crippen LogP contribution is -1.99. The highest BCUT2D eigenvalue weighted by Crippen LogP contribution is 2.38. The molecule has 3 N–H and O–H groups in total. The van der Waals surface area contributed by atoms with Gasteiger partial charge in [0.05, 0.1) is 5.69 Å². The predicted molar refractivity (Wildman–Crippen MR) is 127 cm³/mol. The molecule has 4 rings (SSSR count). The van der Waals surface area contributed by atoms with Gasteiger partial charge in [0.25, 0.3) is 0 Å². The van der Waals surface area contributed by atoms with Crippen molar-refractivity contribution in [2.45, 2.75) is 6.61 Å². The number of rotatable bonds is 5. The van der Waals surface area contributed by atoms with Crippen molar-refractivity contribution in [2.24, 2.45) is 0 Å². The Kier molecular flexibility index (Phi) is 6.32. The summed E-state index contributed by atoms with van der Waals surface area (Å²) in [5, 5.41) is 11.8. The first-order valence-corrected chi connectivity index (χ1v) is 10.7. The second kappa shape index (κ2) is 9.14. The van der Waals surface area contributed by atoms with Crippen LogP contribution in [-0.2, 0) is 6.61 Å². The van der Waals surface area contributed by atoms with E-state index in [0.29, 0.717) is 27.1 Å². The van der Waals surface area contributed by atoms with Gasteiger partial charge in [-0.05, 0) is 42.0 Å². The molecule has 0 unspecified atom stereocenters. The van der Waals surface area contributed by atoms with Crippen LogP contribution in [0.5, 0.6) is 11.5 Å². The summed E-state index contributed by atoms with van der Waals surface area (Å²) in [6, 6.07) is 17.9. The molecule has 156 valence electrons. The van der Waals surface area contributed by atoms with E-state index in [2.05, 4.69) is 25.9 Å². The summed E-state index contributed by atoms with van der Waals surface area (Å²) in [7, 11) is 0. The van der Waals surface area contributed by atoms with Crippen LogP contribution >= 0.6 is 39.1 Å². The average molecular weight is 517 g/mol. The molecule has 0 saturated heterocycles. The highest BCUT2D eigenvalue weighted by atomic mass is 79.9. The van der Waals surface area contributed by atoms with Gasteiger partial charge in [-0.25, -0.2) is 9.97 Å². The first-order valence-electron chi connectivity index (χ1n) is 9.19. The molecule has 1 heterocycles. The fourth-order valence-corrected chi connectivity index (χ4v) is 3.77. The topological polar surface area (TPSA) is 81.3 Å². The van der Waals surface area contributed by atoms with E-state index in [1.165, 1.54) is 6.07 Å². The van der Waals surface area contributed by atoms with Gasteiger partial charge in [-0.1, -0.05) is 57.3 Å². The maximum Gasteiger partial charge on any atom is 0.220 e. The van der Waals surface area contributed by atoms with Crippen LogP contribution in [0, 0.1) is 0 Å². The maximum atomic E-state index is 10.7. The Morgan fingerprint density at radius 2 is 1.74 bits per heavy atom. The van der Waals surface area contributed by atoms with E-state index in [4.69, 9.17) is 33.7 Å². The van der Waals surface area contributed by atoms with Gasteiger partial charge in [0.15, 0.2) is 0 Å². The van der Waals surface area contributed by atoms with Gasteiger partial charge in [0.1, 0.15) is 18.1 Å². The second-order valence-corrected chi connectivity index (χ2v) is 8.46. The Hall–Kier alpha value is -2.80. The Morgan fingerprint density at radius 1 is 0.968 bits per heavy atom. The zero-order valence-electron chi connectivity index (χ0n) is 16.0. The van der Waals surface area contributed by atoms with Crippen molar-refractivity contribution in [3.63, 3.8) is 0 Å². The van der Waals surface area contributed by atoms with Crippen molar-refractivity contribution >= 4 is 45.1 Å². The summed E-state index contributed by atoms with van der Waals surface area (Å²) in [6.07, 6.45) is 1.65. The van der Waals surface area contributed by atoms with E-state index in [0.717, 1.165) is 21.2 Å². The molecule has 0 saturated carbocycles. The number of phenolic OH excluding ortho intramolecular Hbond substituents is 1. The second-order valence-electron chi connectivity index (χ2n) is 6.70. The molecule has 8 heteroatoms. The maximum absolute atomic E-state index is 10.7. The molecule has 0 aliphatic heterocycles. The number of nitrogens with zero attached hydrogens (tertiary/aromatic N) is 2. The third-order valence-corrected chi connectivity index (χ3v) is 5.71. The fourth-order valence-electron chi connectivity index (χ4n) is 3.04. The van der Waals surface area contributed by atoms with Crippen LogP contribution in [0.4, 0.5) is 5.95 Å². The number of aromatic nitrogens is 2. The molecular formula is C23H16BrCl2N3O2. The molecule has 31 heavy (non-hydrogen) atoms. The van der Waals surface area contributed by atoms with Crippen molar-refractivity contribution in [2.75, 3.05) is 5.73 Å². The van der Waals surface area contributed by atoms with Crippen LogP contribution in [0.15, 0.2) is 71.3 Å². The molecule has 4 aromatic rings. The molecule has 0 aliphatic carbocycles. The lowest BCUT2D eigenvalue weighted by Gasteiger charge is -2.13. The highest BCUT2D eigenvalue weighted by Gasteiger charge is 2.15. The molecular weight excluding hydrogens is 501 g/mol. The van der Waals surface area contributed by atoms with Gasteiger partial charge in [-0.15, -0.1) is 0 Å². The van der Waals surface area contributed by atoms with Crippen LogP contribution in [0.3, 0.4) is 0 Å². The summed E-state index contributed by atoms with van der Waals surface area (Å²) in [5.41, 5.74) is 9.31. The molecule has 0 aliphatic rings. The Balaban J connectivity index is 1.64. The molecule has 0 radical (unpaired) electrons. The predicted octanol–water partition coefficient (Wildman–Crippen LogP) is 6.75. The fraction of sp³-hybridized carbons (Fsp3) is 0.0435. The molecule has 0 amide bonds. The van der Waals surface area contributed by atoms with Gasteiger partial charge in [-0.3, -0.25) is 0 Å². The van der Waals surface area contributed by atoms with E-state index in [-0.39, 0.29) is 18.3 Å². The van der Waals surface area contributed by atoms with Gasteiger partial charge in [0, 0.05) is 43.5 Å². The number of aromatic hydroxyl groups is 1. The zero-order chi connectivity index (χ0) is 22.0. The van der Waals surface area contributed by atoms with E-state index in [1.807, 2.05) is 24.3 Å². The van der Waals surface area contributed by atoms with Crippen molar-refractivity contribution in [1.82, 2.24) is 9.97 Å². The minimum absolute atomic E-state index is 0.0103. The van der Waals surface area contributed by atoms with Crippen LogP contribution < -0.4 is 10.5 Å². The van der Waals surface area contributed by atoms with Crippen molar-refractivity contribution in [1.29, 1.82) is 0 Å². The van der Waals surface area contributed by atoms with E-state index >= 15 is 0 Å². The van der Waals surface area contributed by atoms with Crippen LogP contribution in [0.25, 0.3) is 22.4 Å². The number of nitrogens with two attached hydrogens (primary N) is 1. The average Bonchev–Trinajstić information content (AvgIpc) is 2.74.